The van der Waals surface area contributed by atoms with Gasteiger partial charge in [-0.3, -0.25) is 0 Å². The van der Waals surface area contributed by atoms with Crippen LogP contribution in [0.3, 0.4) is 0 Å². The standard InChI is InChI=1S/C13H12ClNO3S/c1-10-6-7-15(16)13(8-10)19(17,18)9-11-2-4-12(14)5-3-11/h2-8H,9H2,1H3. The number of aromatic nitrogens is 1. The molecule has 0 aliphatic rings. The lowest BCUT2D eigenvalue weighted by atomic mass is 10.2. The summed E-state index contributed by atoms with van der Waals surface area (Å²) in [5, 5.41) is 11.9. The van der Waals surface area contributed by atoms with E-state index in [-0.39, 0.29) is 10.8 Å². The van der Waals surface area contributed by atoms with Crippen LogP contribution in [0.15, 0.2) is 47.6 Å². The summed E-state index contributed by atoms with van der Waals surface area (Å²) in [4.78, 5) is 0. The highest BCUT2D eigenvalue weighted by molar-refractivity contribution is 7.90. The third-order valence-corrected chi connectivity index (χ3v) is 4.53. The van der Waals surface area contributed by atoms with Gasteiger partial charge in [-0.15, -0.1) is 0 Å². The Labute approximate surface area is 116 Å². The zero-order chi connectivity index (χ0) is 14.0. The van der Waals surface area contributed by atoms with Crippen LogP contribution in [-0.2, 0) is 15.6 Å². The first-order chi connectivity index (χ1) is 8.88. The fraction of sp³-hybridized carbons (Fsp3) is 0.154. The molecule has 0 saturated carbocycles. The molecular weight excluding hydrogens is 286 g/mol. The van der Waals surface area contributed by atoms with Crippen LogP contribution < -0.4 is 4.73 Å². The van der Waals surface area contributed by atoms with E-state index in [1.165, 1.54) is 12.3 Å². The summed E-state index contributed by atoms with van der Waals surface area (Å²) in [7, 11) is -3.67. The van der Waals surface area contributed by atoms with Crippen molar-refractivity contribution >= 4 is 21.4 Å². The van der Waals surface area contributed by atoms with E-state index in [1.807, 2.05) is 0 Å². The van der Waals surface area contributed by atoms with Gasteiger partial charge in [0.15, 0.2) is 6.20 Å². The third-order valence-electron chi connectivity index (χ3n) is 2.63. The largest absolute Gasteiger partial charge is 0.618 e. The Bertz CT molecular complexity index is 696. The topological polar surface area (TPSA) is 61.1 Å². The number of rotatable bonds is 3. The molecule has 0 aliphatic carbocycles. The minimum absolute atomic E-state index is 0.226. The lowest BCUT2D eigenvalue weighted by molar-refractivity contribution is -0.646. The average Bonchev–Trinajstić information content (AvgIpc) is 2.35. The maximum atomic E-state index is 12.2. The van der Waals surface area contributed by atoms with E-state index in [0.29, 0.717) is 15.3 Å². The second kappa shape index (κ2) is 5.19. The highest BCUT2D eigenvalue weighted by Crippen LogP contribution is 2.16. The number of nitrogens with zero attached hydrogens (tertiary/aromatic N) is 1. The van der Waals surface area contributed by atoms with Crippen LogP contribution in [-0.4, -0.2) is 8.42 Å². The van der Waals surface area contributed by atoms with E-state index >= 15 is 0 Å². The van der Waals surface area contributed by atoms with E-state index in [2.05, 4.69) is 0 Å². The first-order valence-corrected chi connectivity index (χ1v) is 7.58. The molecule has 2 rings (SSSR count). The molecule has 0 N–H and O–H groups in total. The van der Waals surface area contributed by atoms with Crippen LogP contribution in [0, 0.1) is 12.1 Å². The second-order valence-corrected chi connectivity index (χ2v) is 6.63. The van der Waals surface area contributed by atoms with E-state index in [0.717, 1.165) is 5.56 Å². The van der Waals surface area contributed by atoms with Crippen LogP contribution in [0.5, 0.6) is 0 Å². The van der Waals surface area contributed by atoms with Gasteiger partial charge >= 0.3 is 5.03 Å². The summed E-state index contributed by atoms with van der Waals surface area (Å²) in [5.74, 6) is -0.226. The number of hydrogen-bond acceptors (Lipinski definition) is 3. The minimum Gasteiger partial charge on any atom is -0.618 e. The van der Waals surface area contributed by atoms with Gasteiger partial charge in [0.2, 0.25) is 9.84 Å². The van der Waals surface area contributed by atoms with Gasteiger partial charge in [-0.05, 0) is 30.2 Å². The summed E-state index contributed by atoms with van der Waals surface area (Å²) in [5.41, 5.74) is 1.31. The van der Waals surface area contributed by atoms with Crippen molar-refractivity contribution < 1.29 is 13.1 Å². The van der Waals surface area contributed by atoms with Gasteiger partial charge in [0.25, 0.3) is 0 Å². The van der Waals surface area contributed by atoms with Crippen LogP contribution in [0.4, 0.5) is 0 Å². The van der Waals surface area contributed by atoms with E-state index < -0.39 is 9.84 Å². The molecule has 0 fully saturated rings. The van der Waals surface area contributed by atoms with Gasteiger partial charge in [-0.2, -0.15) is 4.73 Å². The maximum absolute atomic E-state index is 12.2. The number of halogens is 1. The highest BCUT2D eigenvalue weighted by Gasteiger charge is 2.24. The van der Waals surface area contributed by atoms with Crippen LogP contribution >= 0.6 is 11.6 Å². The quantitative estimate of drug-likeness (QED) is 0.645. The Morgan fingerprint density at radius 3 is 2.47 bits per heavy atom. The molecule has 0 bridgehead atoms. The first-order valence-electron chi connectivity index (χ1n) is 5.55. The summed E-state index contributed by atoms with van der Waals surface area (Å²) >= 11 is 5.74. The first kappa shape index (κ1) is 13.8. The zero-order valence-electron chi connectivity index (χ0n) is 10.2. The van der Waals surface area contributed by atoms with Crippen LogP contribution in [0.1, 0.15) is 11.1 Å². The monoisotopic (exact) mass is 297 g/mol. The molecule has 0 amide bonds. The Kier molecular flexibility index (Phi) is 3.78. The smallest absolute Gasteiger partial charge is 0.309 e. The van der Waals surface area contributed by atoms with E-state index in [4.69, 9.17) is 11.6 Å². The normalized spacial score (nSPS) is 11.5. The average molecular weight is 298 g/mol. The van der Waals surface area contributed by atoms with Crippen molar-refractivity contribution in [2.45, 2.75) is 17.7 Å². The number of pyridine rings is 1. The summed E-state index contributed by atoms with van der Waals surface area (Å²) in [6.07, 6.45) is 1.20. The fourth-order valence-corrected chi connectivity index (χ4v) is 3.27. The van der Waals surface area contributed by atoms with E-state index in [9.17, 15) is 13.6 Å². The molecule has 0 atom stereocenters. The second-order valence-electron chi connectivity index (χ2n) is 4.25. The summed E-state index contributed by atoms with van der Waals surface area (Å²) < 4.78 is 24.8. The predicted molar refractivity (Wildman–Crippen MR) is 72.5 cm³/mol. The molecule has 100 valence electrons. The third kappa shape index (κ3) is 3.24. The van der Waals surface area contributed by atoms with Crippen molar-refractivity contribution in [2.75, 3.05) is 0 Å². The molecule has 19 heavy (non-hydrogen) atoms. The Balaban J connectivity index is 2.37. The Hall–Kier alpha value is -1.59. The van der Waals surface area contributed by atoms with Crippen LogP contribution in [0.2, 0.25) is 5.02 Å². The van der Waals surface area contributed by atoms with Crippen molar-refractivity contribution in [1.82, 2.24) is 0 Å². The summed E-state index contributed by atoms with van der Waals surface area (Å²) in [6, 6.07) is 9.43. The van der Waals surface area contributed by atoms with Gasteiger partial charge in [0.05, 0.1) is 5.75 Å². The van der Waals surface area contributed by atoms with Gasteiger partial charge in [-0.25, -0.2) is 8.42 Å². The van der Waals surface area contributed by atoms with E-state index in [1.54, 1.807) is 37.3 Å². The number of hydrogen-bond donors (Lipinski definition) is 0. The molecule has 0 radical (unpaired) electrons. The highest BCUT2D eigenvalue weighted by atomic mass is 35.5. The van der Waals surface area contributed by atoms with Crippen molar-refractivity contribution in [3.8, 4) is 0 Å². The number of sulfone groups is 1. The Morgan fingerprint density at radius 1 is 1.21 bits per heavy atom. The van der Waals surface area contributed by atoms with Crippen molar-refractivity contribution in [2.24, 2.45) is 0 Å². The van der Waals surface area contributed by atoms with Gasteiger partial charge < -0.3 is 5.21 Å². The molecule has 0 spiro atoms. The molecule has 2 aromatic rings. The lowest BCUT2D eigenvalue weighted by Crippen LogP contribution is -2.34. The maximum Gasteiger partial charge on any atom is 0.309 e. The SMILES string of the molecule is Cc1cc[n+]([O-])c(S(=O)(=O)Cc2ccc(Cl)cc2)c1. The van der Waals surface area contributed by atoms with Gasteiger partial charge in [0, 0.05) is 17.2 Å². The fourth-order valence-electron chi connectivity index (χ4n) is 1.67. The number of aryl methyl sites for hydroxylation is 1. The molecule has 6 heteroatoms. The lowest BCUT2D eigenvalue weighted by Gasteiger charge is -2.06. The molecule has 1 aromatic heterocycles. The molecule has 1 aromatic carbocycles. The van der Waals surface area contributed by atoms with Crippen molar-refractivity contribution in [1.29, 1.82) is 0 Å². The minimum atomic E-state index is -3.67. The molecule has 0 unspecified atom stereocenters. The van der Waals surface area contributed by atoms with Gasteiger partial charge in [-0.1, -0.05) is 23.7 Å². The van der Waals surface area contributed by atoms with Crippen molar-refractivity contribution in [3.05, 3.63) is 64.0 Å². The number of benzene rings is 1. The molecular formula is C13H12ClNO3S. The molecule has 0 aliphatic heterocycles. The predicted octanol–water partition coefficient (Wildman–Crippen LogP) is 2.26. The zero-order valence-corrected chi connectivity index (χ0v) is 11.8. The molecule has 1 heterocycles. The Morgan fingerprint density at radius 2 is 1.84 bits per heavy atom. The molecule has 0 saturated heterocycles. The van der Waals surface area contributed by atoms with Gasteiger partial charge in [0.1, 0.15) is 0 Å². The molecule has 4 nitrogen and oxygen atoms in total. The summed E-state index contributed by atoms with van der Waals surface area (Å²) in [6.45, 7) is 1.74. The van der Waals surface area contributed by atoms with Crippen LogP contribution in [0.25, 0.3) is 0 Å². The van der Waals surface area contributed by atoms with Crippen molar-refractivity contribution in [3.63, 3.8) is 0 Å².